The lowest BCUT2D eigenvalue weighted by molar-refractivity contribution is 0.488. The van der Waals surface area contributed by atoms with E-state index in [-0.39, 0.29) is 6.71 Å². The largest absolute Gasteiger partial charge is 0.458 e. The van der Waals surface area contributed by atoms with Crippen LogP contribution in [0.2, 0.25) is 0 Å². The van der Waals surface area contributed by atoms with Crippen molar-refractivity contribution in [3.8, 4) is 11.5 Å². The van der Waals surface area contributed by atoms with E-state index in [9.17, 15) is 0 Å². The van der Waals surface area contributed by atoms with Gasteiger partial charge in [-0.25, -0.2) is 0 Å². The molecule has 3 heterocycles. The predicted octanol–water partition coefficient (Wildman–Crippen LogP) is 11.8. The summed E-state index contributed by atoms with van der Waals surface area (Å²) < 4.78 is 13.7. The molecule has 10 aromatic rings. The molecule has 2 aliphatic heterocycles. The topological polar surface area (TPSA) is 28.9 Å². The van der Waals surface area contributed by atoms with Crippen LogP contribution in [0.25, 0.3) is 43.5 Å². The minimum atomic E-state index is -0.0550. The molecule has 9 aromatic carbocycles. The lowest BCUT2D eigenvalue weighted by atomic mass is 9.34. The van der Waals surface area contributed by atoms with Crippen LogP contribution in [0.15, 0.2) is 192 Å². The van der Waals surface area contributed by atoms with Gasteiger partial charge in [-0.1, -0.05) is 115 Å². The molecule has 55 heavy (non-hydrogen) atoms. The number of ether oxygens (including phenoxy) is 1. The first-order valence-electron chi connectivity index (χ1n) is 18.8. The highest BCUT2D eigenvalue weighted by Crippen LogP contribution is 2.46. The lowest BCUT2D eigenvalue weighted by Crippen LogP contribution is -2.59. The van der Waals surface area contributed by atoms with Crippen LogP contribution in [-0.2, 0) is 0 Å². The summed E-state index contributed by atoms with van der Waals surface area (Å²) in [5.74, 6) is 1.75. The molecule has 5 heteroatoms. The quantitative estimate of drug-likeness (QED) is 0.171. The van der Waals surface area contributed by atoms with Gasteiger partial charge >= 0.3 is 0 Å². The summed E-state index contributed by atoms with van der Waals surface area (Å²) in [4.78, 5) is 4.74. The van der Waals surface area contributed by atoms with Gasteiger partial charge in [0.25, 0.3) is 6.71 Å². The Morgan fingerprint density at radius 1 is 0.418 bits per heavy atom. The third kappa shape index (κ3) is 4.47. The van der Waals surface area contributed by atoms with Crippen molar-refractivity contribution in [2.75, 3.05) is 9.80 Å². The van der Waals surface area contributed by atoms with Crippen LogP contribution in [-0.4, -0.2) is 6.71 Å². The minimum Gasteiger partial charge on any atom is -0.458 e. The van der Waals surface area contributed by atoms with Crippen molar-refractivity contribution in [2.24, 2.45) is 0 Å². The van der Waals surface area contributed by atoms with Crippen LogP contribution >= 0.6 is 0 Å². The Kier molecular flexibility index (Phi) is 6.40. The van der Waals surface area contributed by atoms with E-state index in [2.05, 4.69) is 198 Å². The molecule has 0 amide bonds. The van der Waals surface area contributed by atoms with Gasteiger partial charge in [0, 0.05) is 56.0 Å². The zero-order valence-corrected chi connectivity index (χ0v) is 29.7. The predicted molar refractivity (Wildman–Crippen MR) is 229 cm³/mol. The molecule has 0 radical (unpaired) electrons. The Morgan fingerprint density at radius 2 is 1.07 bits per heavy atom. The number of hydrogen-bond donors (Lipinski definition) is 0. The molecule has 0 atom stereocenters. The first-order valence-corrected chi connectivity index (χ1v) is 18.8. The second kappa shape index (κ2) is 11.6. The molecule has 0 saturated heterocycles. The van der Waals surface area contributed by atoms with Crippen LogP contribution < -0.4 is 30.9 Å². The van der Waals surface area contributed by atoms with E-state index in [1.807, 2.05) is 0 Å². The highest BCUT2D eigenvalue weighted by Gasteiger charge is 2.43. The first kappa shape index (κ1) is 30.2. The zero-order valence-electron chi connectivity index (χ0n) is 29.7. The molecule has 0 spiro atoms. The summed E-state index contributed by atoms with van der Waals surface area (Å²) in [6, 6.07) is 67.0. The van der Waals surface area contributed by atoms with Gasteiger partial charge < -0.3 is 19.0 Å². The lowest BCUT2D eigenvalue weighted by Gasteiger charge is -2.41. The molecule has 1 aromatic heterocycles. The monoisotopic (exact) mass is 702 g/mol. The van der Waals surface area contributed by atoms with Gasteiger partial charge in [-0.3, -0.25) is 0 Å². The SMILES string of the molecule is c1ccc(N(c2ccccc2)c2ccc3c(c2)oc2cc4c(cc23)Oc2cccc3c2B4c2ccc4ccccc4c2N3c2cccc3ccccc23)cc1. The number of benzene rings is 9. The van der Waals surface area contributed by atoms with E-state index in [1.165, 1.54) is 38.2 Å². The molecule has 4 nitrogen and oxygen atoms in total. The number of fused-ring (bicyclic) bond motifs is 10. The molecule has 0 bridgehead atoms. The second-order valence-corrected chi connectivity index (χ2v) is 14.5. The fraction of sp³-hybridized carbons (Fsp3) is 0. The summed E-state index contributed by atoms with van der Waals surface area (Å²) >= 11 is 0. The highest BCUT2D eigenvalue weighted by molar-refractivity contribution is 6.99. The standard InChI is InChI=1S/C50H31BN2O2/c1-3-16-34(17-4-1)52(35-18-5-2-6-19-35)36-26-27-39-40-30-48-42(31-47(40)55-46(39)29-36)51-41-28-25-33-14-8-10-21-38(33)50(41)53(44-23-12-24-45(54-48)49(44)51)43-22-11-15-32-13-7-9-20-37(32)43/h1-31H. The van der Waals surface area contributed by atoms with Crippen molar-refractivity contribution in [2.45, 2.75) is 0 Å². The Hall–Kier alpha value is -7.24. The van der Waals surface area contributed by atoms with Crippen LogP contribution in [0.3, 0.4) is 0 Å². The number of nitrogens with zero attached hydrogens (tertiary/aromatic N) is 2. The van der Waals surface area contributed by atoms with Gasteiger partial charge in [0.1, 0.15) is 22.7 Å². The van der Waals surface area contributed by atoms with Crippen LogP contribution in [0.1, 0.15) is 0 Å². The fourth-order valence-electron chi connectivity index (χ4n) is 9.09. The maximum absolute atomic E-state index is 6.93. The van der Waals surface area contributed by atoms with E-state index in [0.29, 0.717) is 0 Å². The summed E-state index contributed by atoms with van der Waals surface area (Å²) in [7, 11) is 0. The molecule has 0 saturated carbocycles. The van der Waals surface area contributed by atoms with E-state index in [1.54, 1.807) is 0 Å². The van der Waals surface area contributed by atoms with Crippen molar-refractivity contribution >= 4 is 101 Å². The zero-order chi connectivity index (χ0) is 36.0. The molecular weight excluding hydrogens is 671 g/mol. The van der Waals surface area contributed by atoms with Crippen LogP contribution in [0, 0.1) is 0 Å². The van der Waals surface area contributed by atoms with Crippen molar-refractivity contribution in [1.29, 1.82) is 0 Å². The van der Waals surface area contributed by atoms with Crippen molar-refractivity contribution in [1.82, 2.24) is 0 Å². The fourth-order valence-corrected chi connectivity index (χ4v) is 9.09. The Bertz CT molecular complexity index is 3110. The summed E-state index contributed by atoms with van der Waals surface area (Å²) in [6.07, 6.45) is 0. The highest BCUT2D eigenvalue weighted by atomic mass is 16.5. The van der Waals surface area contributed by atoms with Crippen LogP contribution in [0.5, 0.6) is 11.5 Å². The number of rotatable bonds is 4. The number of furan rings is 1. The summed E-state index contributed by atoms with van der Waals surface area (Å²) in [6.45, 7) is -0.0550. The van der Waals surface area contributed by atoms with Gasteiger partial charge in [0.05, 0.1) is 5.69 Å². The maximum atomic E-state index is 6.93. The Morgan fingerprint density at radius 3 is 1.87 bits per heavy atom. The third-order valence-electron chi connectivity index (χ3n) is 11.5. The maximum Gasteiger partial charge on any atom is 0.256 e. The molecule has 0 unspecified atom stereocenters. The first-order chi connectivity index (χ1) is 27.3. The second-order valence-electron chi connectivity index (χ2n) is 14.5. The number of anilines is 6. The van der Waals surface area contributed by atoms with Gasteiger partial charge in [-0.2, -0.15) is 0 Å². The van der Waals surface area contributed by atoms with E-state index >= 15 is 0 Å². The van der Waals surface area contributed by atoms with E-state index in [0.717, 1.165) is 67.3 Å². The van der Waals surface area contributed by atoms with Gasteiger partial charge in [-0.15, -0.1) is 0 Å². The Labute approximate surface area is 318 Å². The molecule has 0 N–H and O–H groups in total. The molecule has 0 aliphatic carbocycles. The molecule has 256 valence electrons. The summed E-state index contributed by atoms with van der Waals surface area (Å²) in [5.41, 5.74) is 11.9. The smallest absolute Gasteiger partial charge is 0.256 e. The molecule has 2 aliphatic rings. The third-order valence-corrected chi connectivity index (χ3v) is 11.5. The number of hydrogen-bond acceptors (Lipinski definition) is 4. The average molecular weight is 703 g/mol. The molecule has 12 rings (SSSR count). The van der Waals surface area contributed by atoms with Gasteiger partial charge in [0.2, 0.25) is 0 Å². The molecule has 0 fully saturated rings. The number of para-hydroxylation sites is 2. The average Bonchev–Trinajstić information content (AvgIpc) is 3.60. The van der Waals surface area contributed by atoms with Gasteiger partial charge in [-0.05, 0) is 93.9 Å². The minimum absolute atomic E-state index is 0.0550. The van der Waals surface area contributed by atoms with Crippen LogP contribution in [0.4, 0.5) is 34.1 Å². The molecular formula is C50H31BN2O2. The van der Waals surface area contributed by atoms with Gasteiger partial charge in [0.15, 0.2) is 0 Å². The van der Waals surface area contributed by atoms with Crippen molar-refractivity contribution in [3.63, 3.8) is 0 Å². The Balaban J connectivity index is 1.07. The van der Waals surface area contributed by atoms with Crippen molar-refractivity contribution < 1.29 is 9.15 Å². The van der Waals surface area contributed by atoms with Crippen molar-refractivity contribution in [3.05, 3.63) is 188 Å². The normalized spacial score (nSPS) is 12.8. The summed E-state index contributed by atoms with van der Waals surface area (Å²) in [5, 5.41) is 6.94. The van der Waals surface area contributed by atoms with E-state index in [4.69, 9.17) is 9.15 Å². The van der Waals surface area contributed by atoms with E-state index < -0.39 is 0 Å².